The van der Waals surface area contributed by atoms with Crippen LogP contribution in [0.25, 0.3) is 10.2 Å². The standard InChI is InChI=1S/C15H19N3OS/c1-9-7-10(8-12-13(9)18-15(16)20-12)14(19)17-11-5-3-2-4-6-11/h7-8,11H,2-6H2,1H3,(H2,16,18)(H,17,19). The number of amides is 1. The van der Waals surface area contributed by atoms with E-state index in [2.05, 4.69) is 10.3 Å². The smallest absolute Gasteiger partial charge is 0.251 e. The number of carbonyl (C=O) groups is 1. The van der Waals surface area contributed by atoms with Crippen LogP contribution >= 0.6 is 11.3 Å². The quantitative estimate of drug-likeness (QED) is 0.891. The van der Waals surface area contributed by atoms with E-state index in [1.165, 1.54) is 30.6 Å². The number of anilines is 1. The SMILES string of the molecule is Cc1cc(C(=O)NC2CCCCC2)cc2sc(N)nc12. The van der Waals surface area contributed by atoms with Crippen LogP contribution in [0.15, 0.2) is 12.1 Å². The molecule has 106 valence electrons. The number of carbonyl (C=O) groups excluding carboxylic acids is 1. The van der Waals surface area contributed by atoms with Crippen LogP contribution in [0.4, 0.5) is 5.13 Å². The largest absolute Gasteiger partial charge is 0.375 e. The molecule has 1 fully saturated rings. The van der Waals surface area contributed by atoms with Crippen LogP contribution in [0, 0.1) is 6.92 Å². The van der Waals surface area contributed by atoms with Crippen molar-refractivity contribution < 1.29 is 4.79 Å². The van der Waals surface area contributed by atoms with Crippen LogP contribution in [0.3, 0.4) is 0 Å². The first-order valence-corrected chi connectivity index (χ1v) is 7.92. The lowest BCUT2D eigenvalue weighted by Gasteiger charge is -2.22. The zero-order valence-electron chi connectivity index (χ0n) is 11.6. The van der Waals surface area contributed by atoms with Gasteiger partial charge in [0.05, 0.1) is 10.2 Å². The minimum absolute atomic E-state index is 0.0221. The molecule has 1 aromatic carbocycles. The molecule has 3 rings (SSSR count). The summed E-state index contributed by atoms with van der Waals surface area (Å²) in [5.41, 5.74) is 8.36. The Kier molecular flexibility index (Phi) is 3.61. The normalized spacial score (nSPS) is 16.4. The maximum atomic E-state index is 12.4. The second-order valence-electron chi connectivity index (χ2n) is 5.50. The highest BCUT2D eigenvalue weighted by Crippen LogP contribution is 2.28. The van der Waals surface area contributed by atoms with Crippen LogP contribution in [-0.4, -0.2) is 16.9 Å². The molecule has 0 aliphatic heterocycles. The summed E-state index contributed by atoms with van der Waals surface area (Å²) >= 11 is 1.43. The van der Waals surface area contributed by atoms with E-state index in [9.17, 15) is 4.79 Å². The summed E-state index contributed by atoms with van der Waals surface area (Å²) < 4.78 is 0.983. The minimum Gasteiger partial charge on any atom is -0.375 e. The molecule has 1 aliphatic rings. The third kappa shape index (κ3) is 2.63. The molecule has 1 heterocycles. The Bertz CT molecular complexity index is 644. The molecule has 0 spiro atoms. The third-order valence-electron chi connectivity index (χ3n) is 3.90. The van der Waals surface area contributed by atoms with Gasteiger partial charge in [-0.3, -0.25) is 4.79 Å². The average molecular weight is 289 g/mol. The third-order valence-corrected chi connectivity index (χ3v) is 4.74. The number of nitrogens with two attached hydrogens (primary N) is 1. The van der Waals surface area contributed by atoms with Crippen molar-refractivity contribution in [3.8, 4) is 0 Å². The first-order valence-electron chi connectivity index (χ1n) is 7.11. The van der Waals surface area contributed by atoms with Crippen LogP contribution in [0.1, 0.15) is 48.0 Å². The van der Waals surface area contributed by atoms with E-state index in [1.54, 1.807) is 0 Å². The summed E-state index contributed by atoms with van der Waals surface area (Å²) in [4.78, 5) is 16.7. The van der Waals surface area contributed by atoms with Crippen LogP contribution in [-0.2, 0) is 0 Å². The Labute approximate surface area is 122 Å². The molecule has 3 N–H and O–H groups in total. The van der Waals surface area contributed by atoms with Gasteiger partial charge in [-0.05, 0) is 37.5 Å². The van der Waals surface area contributed by atoms with E-state index in [0.717, 1.165) is 28.6 Å². The van der Waals surface area contributed by atoms with E-state index in [-0.39, 0.29) is 5.91 Å². The lowest BCUT2D eigenvalue weighted by atomic mass is 9.95. The summed E-state index contributed by atoms with van der Waals surface area (Å²) in [6.07, 6.45) is 5.92. The molecule has 1 amide bonds. The first kappa shape index (κ1) is 13.4. The van der Waals surface area contributed by atoms with Crippen molar-refractivity contribution in [3.63, 3.8) is 0 Å². The molecule has 1 saturated carbocycles. The number of hydrogen-bond donors (Lipinski definition) is 2. The lowest BCUT2D eigenvalue weighted by Crippen LogP contribution is -2.36. The van der Waals surface area contributed by atoms with Crippen molar-refractivity contribution in [3.05, 3.63) is 23.3 Å². The summed E-state index contributed by atoms with van der Waals surface area (Å²) in [5.74, 6) is 0.0221. The minimum atomic E-state index is 0.0221. The summed E-state index contributed by atoms with van der Waals surface area (Å²) in [5, 5.41) is 3.70. The first-order chi connectivity index (χ1) is 9.63. The van der Waals surface area contributed by atoms with Gasteiger partial charge in [0.2, 0.25) is 0 Å². The van der Waals surface area contributed by atoms with Crippen molar-refractivity contribution in [1.82, 2.24) is 10.3 Å². The van der Waals surface area contributed by atoms with E-state index in [4.69, 9.17) is 5.73 Å². The zero-order valence-corrected chi connectivity index (χ0v) is 12.4. The van der Waals surface area contributed by atoms with Gasteiger partial charge in [0, 0.05) is 11.6 Å². The fourth-order valence-corrected chi connectivity index (χ4v) is 3.71. The summed E-state index contributed by atoms with van der Waals surface area (Å²) in [6, 6.07) is 4.13. The molecular formula is C15H19N3OS. The summed E-state index contributed by atoms with van der Waals surface area (Å²) in [6.45, 7) is 1.97. The maximum Gasteiger partial charge on any atom is 0.251 e. The van der Waals surface area contributed by atoms with Crippen molar-refractivity contribution in [1.29, 1.82) is 0 Å². The number of nitrogens with zero attached hydrogens (tertiary/aromatic N) is 1. The van der Waals surface area contributed by atoms with Crippen LogP contribution in [0.2, 0.25) is 0 Å². The van der Waals surface area contributed by atoms with Gasteiger partial charge in [-0.15, -0.1) is 0 Å². The molecule has 0 saturated heterocycles. The van der Waals surface area contributed by atoms with E-state index in [0.29, 0.717) is 16.7 Å². The van der Waals surface area contributed by atoms with Crippen LogP contribution in [0.5, 0.6) is 0 Å². The Hall–Kier alpha value is -1.62. The number of fused-ring (bicyclic) bond motifs is 1. The van der Waals surface area contributed by atoms with Crippen molar-refractivity contribution in [2.45, 2.75) is 45.1 Å². The molecule has 20 heavy (non-hydrogen) atoms. The van der Waals surface area contributed by atoms with Gasteiger partial charge in [-0.2, -0.15) is 0 Å². The molecule has 1 aliphatic carbocycles. The number of aryl methyl sites for hydroxylation is 1. The van der Waals surface area contributed by atoms with Gasteiger partial charge in [-0.1, -0.05) is 30.6 Å². The number of rotatable bonds is 2. The lowest BCUT2D eigenvalue weighted by molar-refractivity contribution is 0.0928. The van der Waals surface area contributed by atoms with Gasteiger partial charge < -0.3 is 11.1 Å². The predicted octanol–water partition coefficient (Wildman–Crippen LogP) is 3.25. The monoisotopic (exact) mass is 289 g/mol. The average Bonchev–Trinajstić information content (AvgIpc) is 2.81. The number of benzene rings is 1. The predicted molar refractivity (Wildman–Crippen MR) is 83.1 cm³/mol. The molecule has 0 radical (unpaired) electrons. The van der Waals surface area contributed by atoms with Gasteiger partial charge in [0.1, 0.15) is 0 Å². The number of hydrogen-bond acceptors (Lipinski definition) is 4. The fraction of sp³-hybridized carbons (Fsp3) is 0.467. The Morgan fingerprint density at radius 2 is 2.10 bits per heavy atom. The molecule has 4 nitrogen and oxygen atoms in total. The second kappa shape index (κ2) is 5.40. The number of thiazole rings is 1. The highest BCUT2D eigenvalue weighted by Gasteiger charge is 2.18. The van der Waals surface area contributed by atoms with E-state index >= 15 is 0 Å². The molecule has 1 aromatic heterocycles. The van der Waals surface area contributed by atoms with Crippen molar-refractivity contribution in [2.75, 3.05) is 5.73 Å². The highest BCUT2D eigenvalue weighted by molar-refractivity contribution is 7.22. The molecule has 0 atom stereocenters. The second-order valence-corrected chi connectivity index (χ2v) is 6.56. The fourth-order valence-electron chi connectivity index (χ4n) is 2.86. The van der Waals surface area contributed by atoms with Gasteiger partial charge in [0.15, 0.2) is 5.13 Å². The Morgan fingerprint density at radius 1 is 1.35 bits per heavy atom. The molecule has 5 heteroatoms. The molecule has 0 bridgehead atoms. The Morgan fingerprint density at radius 3 is 2.85 bits per heavy atom. The van der Waals surface area contributed by atoms with Gasteiger partial charge >= 0.3 is 0 Å². The van der Waals surface area contributed by atoms with Crippen molar-refractivity contribution in [2.24, 2.45) is 0 Å². The number of nitrogen functional groups attached to an aromatic ring is 1. The maximum absolute atomic E-state index is 12.4. The topological polar surface area (TPSA) is 68.0 Å². The zero-order chi connectivity index (χ0) is 14.1. The Balaban J connectivity index is 1.83. The number of nitrogens with one attached hydrogen (secondary N) is 1. The van der Waals surface area contributed by atoms with Crippen molar-refractivity contribution >= 4 is 32.6 Å². The van der Waals surface area contributed by atoms with E-state index < -0.39 is 0 Å². The molecular weight excluding hydrogens is 270 g/mol. The van der Waals surface area contributed by atoms with Crippen LogP contribution < -0.4 is 11.1 Å². The van der Waals surface area contributed by atoms with Gasteiger partial charge in [0.25, 0.3) is 5.91 Å². The molecule has 2 aromatic rings. The number of aromatic nitrogens is 1. The summed E-state index contributed by atoms with van der Waals surface area (Å²) in [7, 11) is 0. The highest BCUT2D eigenvalue weighted by atomic mass is 32.1. The van der Waals surface area contributed by atoms with E-state index in [1.807, 2.05) is 19.1 Å². The van der Waals surface area contributed by atoms with Gasteiger partial charge in [-0.25, -0.2) is 4.98 Å². The molecule has 0 unspecified atom stereocenters.